The highest BCUT2D eigenvalue weighted by Crippen LogP contribution is 2.25. The molecular weight excluding hydrogens is 460 g/mol. The molecule has 180 valence electrons. The van der Waals surface area contributed by atoms with E-state index in [1.54, 1.807) is 12.1 Å². The van der Waals surface area contributed by atoms with Crippen LogP contribution in [0.5, 0.6) is 11.5 Å². The fraction of sp³-hybridized carbons (Fsp3) is 0.200. The molecule has 0 fully saturated rings. The molecule has 1 unspecified atom stereocenters. The fourth-order valence-electron chi connectivity index (χ4n) is 3.39. The summed E-state index contributed by atoms with van der Waals surface area (Å²) in [5.41, 5.74) is -0.666. The van der Waals surface area contributed by atoms with Crippen molar-refractivity contribution in [3.8, 4) is 11.5 Å². The number of aliphatic hydroxyl groups excluding tert-OH is 1. The van der Waals surface area contributed by atoms with Crippen LogP contribution in [0.15, 0.2) is 67.0 Å². The summed E-state index contributed by atoms with van der Waals surface area (Å²) >= 11 is 0. The van der Waals surface area contributed by atoms with Gasteiger partial charge in [0.1, 0.15) is 52.8 Å². The summed E-state index contributed by atoms with van der Waals surface area (Å²) in [5.74, 6) is -1.16. The number of hydrogen-bond donors (Lipinski definition) is 1. The van der Waals surface area contributed by atoms with Crippen molar-refractivity contribution < 1.29 is 37.7 Å². The second kappa shape index (κ2) is 9.82. The number of aliphatic hydroxyl groups is 1. The lowest BCUT2D eigenvalue weighted by Crippen LogP contribution is -2.25. The van der Waals surface area contributed by atoms with Crippen molar-refractivity contribution in [2.45, 2.75) is 13.0 Å². The number of ether oxygens (including phenoxy) is 3. The number of hydrogen-bond acceptors (Lipinski definition) is 10. The number of methoxy groups -OCH3 is 1. The standard InChI is InChI=1S/C25H20O10/c1-13(26)21-9-15(28)23-17(5-3-7-19(23)34-21)32-11-14(27)12-33-18-6-4-8-20-24(18)16(29)10-22(35-20)25(30)31-2/h3-10,14,27H,11-12H2,1-2H3. The maximum Gasteiger partial charge on any atom is 0.374 e. The minimum Gasteiger partial charge on any atom is -0.490 e. The first kappa shape index (κ1) is 23.7. The molecule has 2 heterocycles. The highest BCUT2D eigenvalue weighted by atomic mass is 16.5. The number of benzene rings is 2. The normalized spacial score (nSPS) is 11.9. The Bertz CT molecular complexity index is 1550. The molecule has 4 rings (SSSR count). The summed E-state index contributed by atoms with van der Waals surface area (Å²) in [6, 6.07) is 11.3. The Morgan fingerprint density at radius 1 is 0.857 bits per heavy atom. The minimum absolute atomic E-state index is 0.0636. The summed E-state index contributed by atoms with van der Waals surface area (Å²) in [6.45, 7) is 0.808. The van der Waals surface area contributed by atoms with Crippen LogP contribution in [-0.2, 0) is 4.74 Å². The summed E-state index contributed by atoms with van der Waals surface area (Å²) in [6.07, 6.45) is -1.13. The van der Waals surface area contributed by atoms with Gasteiger partial charge >= 0.3 is 5.97 Å². The van der Waals surface area contributed by atoms with Gasteiger partial charge < -0.3 is 28.2 Å². The highest BCUT2D eigenvalue weighted by molar-refractivity contribution is 5.94. The third-order valence-corrected chi connectivity index (χ3v) is 5.03. The average molecular weight is 480 g/mol. The summed E-state index contributed by atoms with van der Waals surface area (Å²) in [5, 5.41) is 10.6. The summed E-state index contributed by atoms with van der Waals surface area (Å²) in [7, 11) is 1.17. The van der Waals surface area contributed by atoms with E-state index >= 15 is 0 Å². The molecule has 2 aromatic heterocycles. The molecule has 0 aliphatic rings. The van der Waals surface area contributed by atoms with E-state index in [4.69, 9.17) is 18.3 Å². The first-order valence-electron chi connectivity index (χ1n) is 10.4. The van der Waals surface area contributed by atoms with Crippen molar-refractivity contribution in [2.75, 3.05) is 20.3 Å². The smallest absolute Gasteiger partial charge is 0.374 e. The second-order valence-electron chi connectivity index (χ2n) is 7.53. The topological polar surface area (TPSA) is 142 Å². The van der Waals surface area contributed by atoms with Crippen molar-refractivity contribution in [3.63, 3.8) is 0 Å². The molecule has 10 nitrogen and oxygen atoms in total. The number of rotatable bonds is 8. The molecule has 1 N–H and O–H groups in total. The van der Waals surface area contributed by atoms with Crippen molar-refractivity contribution >= 4 is 33.7 Å². The lowest BCUT2D eigenvalue weighted by Gasteiger charge is -2.15. The number of Topliss-reactive ketones (excluding diaryl/α,β-unsaturated/α-hetero) is 1. The Morgan fingerprint density at radius 3 is 1.83 bits per heavy atom. The van der Waals surface area contributed by atoms with Crippen LogP contribution in [0.25, 0.3) is 21.9 Å². The predicted molar refractivity (Wildman–Crippen MR) is 123 cm³/mol. The minimum atomic E-state index is -1.13. The molecule has 0 saturated carbocycles. The molecule has 1 atom stereocenters. The quantitative estimate of drug-likeness (QED) is 0.295. The van der Waals surface area contributed by atoms with Gasteiger partial charge in [-0.15, -0.1) is 0 Å². The number of carbonyl (C=O) groups excluding carboxylic acids is 2. The molecule has 0 amide bonds. The largest absolute Gasteiger partial charge is 0.490 e. The number of ketones is 1. The van der Waals surface area contributed by atoms with Gasteiger partial charge in [0.15, 0.2) is 22.4 Å². The molecule has 2 aromatic carbocycles. The number of carbonyl (C=O) groups is 2. The van der Waals surface area contributed by atoms with Gasteiger partial charge in [-0.3, -0.25) is 14.4 Å². The van der Waals surface area contributed by atoms with Gasteiger partial charge in [0.2, 0.25) is 5.76 Å². The van der Waals surface area contributed by atoms with Gasteiger partial charge in [-0.2, -0.15) is 0 Å². The van der Waals surface area contributed by atoms with Crippen LogP contribution in [0.4, 0.5) is 0 Å². The van der Waals surface area contributed by atoms with Gasteiger partial charge in [0, 0.05) is 19.1 Å². The molecule has 0 aliphatic carbocycles. The Hall–Kier alpha value is -4.44. The Balaban J connectivity index is 1.49. The van der Waals surface area contributed by atoms with Crippen LogP contribution in [0.1, 0.15) is 28.0 Å². The van der Waals surface area contributed by atoms with Crippen molar-refractivity contribution in [1.82, 2.24) is 0 Å². The molecule has 0 radical (unpaired) electrons. The summed E-state index contributed by atoms with van der Waals surface area (Å²) < 4.78 is 26.7. The van der Waals surface area contributed by atoms with Crippen molar-refractivity contribution in [2.24, 2.45) is 0 Å². The van der Waals surface area contributed by atoms with Crippen LogP contribution in [0.3, 0.4) is 0 Å². The van der Waals surface area contributed by atoms with Crippen LogP contribution in [0.2, 0.25) is 0 Å². The van der Waals surface area contributed by atoms with Crippen LogP contribution in [-0.4, -0.2) is 43.3 Å². The Labute approximate surface area is 197 Å². The maximum absolute atomic E-state index is 12.5. The van der Waals surface area contributed by atoms with Crippen LogP contribution < -0.4 is 20.3 Å². The molecule has 0 bridgehead atoms. The first-order valence-corrected chi connectivity index (χ1v) is 10.4. The third-order valence-electron chi connectivity index (χ3n) is 5.03. The second-order valence-corrected chi connectivity index (χ2v) is 7.53. The molecule has 0 saturated heterocycles. The molecule has 0 spiro atoms. The Kier molecular flexibility index (Phi) is 6.65. The highest BCUT2D eigenvalue weighted by Gasteiger charge is 2.17. The Morgan fingerprint density at radius 2 is 1.34 bits per heavy atom. The van der Waals surface area contributed by atoms with E-state index in [-0.39, 0.29) is 64.0 Å². The van der Waals surface area contributed by atoms with E-state index in [0.717, 1.165) is 12.1 Å². The average Bonchev–Trinajstić information content (AvgIpc) is 2.85. The van der Waals surface area contributed by atoms with E-state index in [2.05, 4.69) is 4.74 Å². The fourth-order valence-corrected chi connectivity index (χ4v) is 3.39. The maximum atomic E-state index is 12.5. The molecule has 0 aliphatic heterocycles. The third kappa shape index (κ3) is 4.92. The van der Waals surface area contributed by atoms with Crippen molar-refractivity contribution in [3.05, 3.63) is 80.5 Å². The van der Waals surface area contributed by atoms with E-state index < -0.39 is 22.9 Å². The van der Waals surface area contributed by atoms with Gasteiger partial charge in [0.05, 0.1) is 7.11 Å². The zero-order valence-electron chi connectivity index (χ0n) is 18.7. The van der Waals surface area contributed by atoms with E-state index in [1.165, 1.54) is 38.3 Å². The van der Waals surface area contributed by atoms with E-state index in [1.807, 2.05) is 0 Å². The van der Waals surface area contributed by atoms with Crippen LogP contribution in [0, 0.1) is 0 Å². The van der Waals surface area contributed by atoms with Gasteiger partial charge in [0.25, 0.3) is 0 Å². The SMILES string of the molecule is COC(=O)c1cc(=O)c2c(OCC(O)COc3cccc4oc(C(C)=O)cc(=O)c34)cccc2o1. The number of esters is 1. The van der Waals surface area contributed by atoms with Gasteiger partial charge in [-0.1, -0.05) is 12.1 Å². The molecule has 10 heteroatoms. The first-order chi connectivity index (χ1) is 16.8. The predicted octanol–water partition coefficient (Wildman–Crippen LogP) is 2.71. The molecule has 35 heavy (non-hydrogen) atoms. The number of fused-ring (bicyclic) bond motifs is 2. The zero-order chi connectivity index (χ0) is 25.1. The lowest BCUT2D eigenvalue weighted by molar-refractivity contribution is 0.0565. The van der Waals surface area contributed by atoms with E-state index in [0.29, 0.717) is 0 Å². The zero-order valence-corrected chi connectivity index (χ0v) is 18.7. The molecular formula is C25H20O10. The van der Waals surface area contributed by atoms with Gasteiger partial charge in [-0.25, -0.2) is 4.79 Å². The summed E-state index contributed by atoms with van der Waals surface area (Å²) in [4.78, 5) is 48.2. The van der Waals surface area contributed by atoms with E-state index in [9.17, 15) is 24.3 Å². The van der Waals surface area contributed by atoms with Crippen molar-refractivity contribution in [1.29, 1.82) is 0 Å². The lowest BCUT2D eigenvalue weighted by atomic mass is 10.2. The monoisotopic (exact) mass is 480 g/mol. The van der Waals surface area contributed by atoms with Gasteiger partial charge in [-0.05, 0) is 24.3 Å². The van der Waals surface area contributed by atoms with Crippen LogP contribution >= 0.6 is 0 Å². The molecule has 4 aromatic rings.